The van der Waals surface area contributed by atoms with E-state index in [0.29, 0.717) is 34.9 Å². The molecule has 0 aliphatic carbocycles. The normalized spacial score (nSPS) is 11.6. The molecule has 1 aromatic heterocycles. The second-order valence-corrected chi connectivity index (χ2v) is 5.50. The number of nitrogens with two attached hydrogens (primary N) is 1. The third-order valence-electron chi connectivity index (χ3n) is 3.77. The van der Waals surface area contributed by atoms with E-state index >= 15 is 0 Å². The Kier molecular flexibility index (Phi) is 5.47. The Labute approximate surface area is 142 Å². The van der Waals surface area contributed by atoms with Crippen LogP contribution in [0.4, 0.5) is 5.69 Å². The summed E-state index contributed by atoms with van der Waals surface area (Å²) < 4.78 is 0. The first-order chi connectivity index (χ1) is 11.4. The van der Waals surface area contributed by atoms with Crippen LogP contribution < -0.4 is 11.1 Å². The predicted octanol–water partition coefficient (Wildman–Crippen LogP) is 3.56. The molecular formula is C19H22N4O. The number of nitrogens with one attached hydrogen (secondary N) is 1. The van der Waals surface area contributed by atoms with Crippen molar-refractivity contribution in [2.75, 3.05) is 5.73 Å². The molecule has 0 bridgehead atoms. The van der Waals surface area contributed by atoms with Gasteiger partial charge in [0.25, 0.3) is 0 Å². The van der Waals surface area contributed by atoms with E-state index in [1.54, 1.807) is 26.1 Å². The highest BCUT2D eigenvalue weighted by Gasteiger charge is 2.09. The zero-order chi connectivity index (χ0) is 17.7. The molecular weight excluding hydrogens is 300 g/mol. The molecule has 5 heteroatoms. The van der Waals surface area contributed by atoms with E-state index in [9.17, 15) is 4.79 Å². The van der Waals surface area contributed by atoms with Gasteiger partial charge in [0.05, 0.1) is 11.4 Å². The molecule has 0 fully saturated rings. The van der Waals surface area contributed by atoms with Gasteiger partial charge in [-0.2, -0.15) is 0 Å². The molecule has 2 rings (SSSR count). The Morgan fingerprint density at radius 3 is 2.46 bits per heavy atom. The zero-order valence-electron chi connectivity index (χ0n) is 14.3. The van der Waals surface area contributed by atoms with Gasteiger partial charge in [-0.05, 0) is 50.6 Å². The molecule has 5 nitrogen and oxygen atoms in total. The van der Waals surface area contributed by atoms with E-state index < -0.39 is 0 Å². The summed E-state index contributed by atoms with van der Waals surface area (Å²) in [6.07, 6.45) is 2.40. The number of hydrogen-bond donors (Lipinski definition) is 2. The van der Waals surface area contributed by atoms with Crippen molar-refractivity contribution < 1.29 is 4.79 Å². The Balaban J connectivity index is 2.28. The van der Waals surface area contributed by atoms with Crippen LogP contribution in [-0.2, 0) is 4.79 Å². The van der Waals surface area contributed by atoms with Crippen LogP contribution in [0.25, 0.3) is 17.1 Å². The van der Waals surface area contributed by atoms with Crippen molar-refractivity contribution in [1.29, 1.82) is 0 Å². The smallest absolute Gasteiger partial charge is 0.159 e. The molecule has 1 aromatic carbocycles. The number of nitrogens with zero attached hydrogens (tertiary/aromatic N) is 2. The van der Waals surface area contributed by atoms with Gasteiger partial charge in [0.1, 0.15) is 0 Å². The van der Waals surface area contributed by atoms with E-state index in [4.69, 9.17) is 5.73 Å². The average molecular weight is 322 g/mol. The van der Waals surface area contributed by atoms with Crippen molar-refractivity contribution in [1.82, 2.24) is 15.3 Å². The number of allylic oxidation sites excluding steroid dienone is 2. The van der Waals surface area contributed by atoms with Gasteiger partial charge < -0.3 is 11.1 Å². The molecule has 24 heavy (non-hydrogen) atoms. The molecule has 0 aliphatic heterocycles. The van der Waals surface area contributed by atoms with Crippen molar-refractivity contribution in [3.63, 3.8) is 0 Å². The van der Waals surface area contributed by atoms with Crippen LogP contribution in [0.1, 0.15) is 32.9 Å². The SMILES string of the molecule is C=C(N/C(CC)=C(\C)C(C)=O)c1ccnc(-c2ccc(N)cc2)n1. The second-order valence-electron chi connectivity index (χ2n) is 5.50. The number of rotatable bonds is 6. The number of nitrogen functional groups attached to an aromatic ring is 1. The maximum atomic E-state index is 11.6. The molecule has 0 atom stereocenters. The topological polar surface area (TPSA) is 80.9 Å². The van der Waals surface area contributed by atoms with Gasteiger partial charge in [0.15, 0.2) is 11.6 Å². The summed E-state index contributed by atoms with van der Waals surface area (Å²) >= 11 is 0. The third kappa shape index (κ3) is 4.07. The number of hydrogen-bond acceptors (Lipinski definition) is 5. The van der Waals surface area contributed by atoms with Gasteiger partial charge in [-0.25, -0.2) is 9.97 Å². The van der Waals surface area contributed by atoms with Gasteiger partial charge in [-0.3, -0.25) is 4.79 Å². The lowest BCUT2D eigenvalue weighted by atomic mass is 10.1. The van der Waals surface area contributed by atoms with Crippen molar-refractivity contribution in [3.05, 3.63) is 60.1 Å². The molecule has 0 amide bonds. The summed E-state index contributed by atoms with van der Waals surface area (Å²) in [5.41, 5.74) is 10.1. The lowest BCUT2D eigenvalue weighted by molar-refractivity contribution is -0.113. The Bertz CT molecular complexity index is 791. The summed E-state index contributed by atoms with van der Waals surface area (Å²) in [6, 6.07) is 9.16. The first-order valence-corrected chi connectivity index (χ1v) is 7.78. The van der Waals surface area contributed by atoms with Crippen LogP contribution in [0.15, 0.2) is 54.4 Å². The van der Waals surface area contributed by atoms with E-state index in [2.05, 4.69) is 21.9 Å². The number of aromatic nitrogens is 2. The van der Waals surface area contributed by atoms with Gasteiger partial charge in [0.2, 0.25) is 0 Å². The van der Waals surface area contributed by atoms with E-state index in [-0.39, 0.29) is 5.78 Å². The fourth-order valence-electron chi connectivity index (χ4n) is 2.20. The molecule has 2 aromatic rings. The molecule has 0 spiro atoms. The van der Waals surface area contributed by atoms with Gasteiger partial charge in [-0.15, -0.1) is 0 Å². The molecule has 0 aliphatic rings. The van der Waals surface area contributed by atoms with Crippen LogP contribution in [0.3, 0.4) is 0 Å². The van der Waals surface area contributed by atoms with Crippen LogP contribution in [0.2, 0.25) is 0 Å². The lowest BCUT2D eigenvalue weighted by Gasteiger charge is -2.14. The summed E-state index contributed by atoms with van der Waals surface area (Å²) in [5.74, 6) is 0.637. The summed E-state index contributed by atoms with van der Waals surface area (Å²) in [4.78, 5) is 20.4. The van der Waals surface area contributed by atoms with Gasteiger partial charge in [0, 0.05) is 28.7 Å². The number of Topliss-reactive ketones (excluding diaryl/α,β-unsaturated/α-hetero) is 1. The van der Waals surface area contributed by atoms with Crippen LogP contribution >= 0.6 is 0 Å². The Morgan fingerprint density at radius 1 is 1.21 bits per heavy atom. The van der Waals surface area contributed by atoms with E-state index in [1.807, 2.05) is 31.2 Å². The third-order valence-corrected chi connectivity index (χ3v) is 3.77. The maximum Gasteiger partial charge on any atom is 0.159 e. The second kappa shape index (κ2) is 7.55. The largest absolute Gasteiger partial charge is 0.399 e. The zero-order valence-corrected chi connectivity index (χ0v) is 14.3. The number of benzene rings is 1. The van der Waals surface area contributed by atoms with Gasteiger partial charge in [-0.1, -0.05) is 13.5 Å². The Morgan fingerprint density at radius 2 is 1.88 bits per heavy atom. The molecule has 0 saturated heterocycles. The number of carbonyl (C=O) groups is 1. The van der Waals surface area contributed by atoms with Crippen molar-refractivity contribution >= 4 is 17.2 Å². The fraction of sp³-hybridized carbons (Fsp3) is 0.211. The minimum absolute atomic E-state index is 0.0393. The van der Waals surface area contributed by atoms with Crippen molar-refractivity contribution in [2.24, 2.45) is 0 Å². The Hall–Kier alpha value is -2.95. The average Bonchev–Trinajstić information content (AvgIpc) is 2.59. The quantitative estimate of drug-likeness (QED) is 0.628. The molecule has 0 saturated carbocycles. The molecule has 0 radical (unpaired) electrons. The maximum absolute atomic E-state index is 11.6. The lowest BCUT2D eigenvalue weighted by Crippen LogP contribution is -2.15. The molecule has 1 heterocycles. The van der Waals surface area contributed by atoms with Crippen molar-refractivity contribution in [3.8, 4) is 11.4 Å². The summed E-state index contributed by atoms with van der Waals surface area (Å²) in [7, 11) is 0. The van der Waals surface area contributed by atoms with Crippen molar-refractivity contribution in [2.45, 2.75) is 27.2 Å². The molecule has 0 unspecified atom stereocenters. The van der Waals surface area contributed by atoms with E-state index in [1.165, 1.54) is 0 Å². The number of anilines is 1. The summed E-state index contributed by atoms with van der Waals surface area (Å²) in [5, 5.41) is 3.21. The molecule has 124 valence electrons. The van der Waals surface area contributed by atoms with Crippen LogP contribution in [0.5, 0.6) is 0 Å². The minimum atomic E-state index is 0.0393. The van der Waals surface area contributed by atoms with Gasteiger partial charge >= 0.3 is 0 Å². The van der Waals surface area contributed by atoms with Crippen LogP contribution in [0, 0.1) is 0 Å². The predicted molar refractivity (Wildman–Crippen MR) is 97.7 cm³/mol. The number of carbonyl (C=O) groups excluding carboxylic acids is 1. The first kappa shape index (κ1) is 17.4. The highest BCUT2D eigenvalue weighted by atomic mass is 16.1. The molecule has 3 N–H and O–H groups in total. The minimum Gasteiger partial charge on any atom is -0.399 e. The summed E-state index contributed by atoms with van der Waals surface area (Å²) in [6.45, 7) is 9.39. The number of ketones is 1. The fourth-order valence-corrected chi connectivity index (χ4v) is 2.20. The standard InChI is InChI=1S/C19H22N4O/c1-5-17(12(2)14(4)24)22-13(3)18-10-11-21-19(23-18)15-6-8-16(20)9-7-15/h6-11,22H,3,5,20H2,1-2,4H3/b17-12+. The first-order valence-electron chi connectivity index (χ1n) is 7.78. The monoisotopic (exact) mass is 322 g/mol. The highest BCUT2D eigenvalue weighted by Crippen LogP contribution is 2.19. The highest BCUT2D eigenvalue weighted by molar-refractivity contribution is 5.93. The van der Waals surface area contributed by atoms with E-state index in [0.717, 1.165) is 11.3 Å². The van der Waals surface area contributed by atoms with Crippen LogP contribution in [-0.4, -0.2) is 15.8 Å².